The molecule has 7 rings (SSSR count). The number of aromatic nitrogens is 2. The minimum Gasteiger partial charge on any atom is -0.506 e. The molecule has 212 valence electrons. The summed E-state index contributed by atoms with van der Waals surface area (Å²) in [5, 5.41) is 13.5. The van der Waals surface area contributed by atoms with Crippen LogP contribution in [0.15, 0.2) is 138 Å². The summed E-state index contributed by atoms with van der Waals surface area (Å²) in [6.45, 7) is 1.91. The van der Waals surface area contributed by atoms with Crippen molar-refractivity contribution in [3.63, 3.8) is 0 Å². The van der Waals surface area contributed by atoms with E-state index in [0.29, 0.717) is 22.9 Å². The predicted molar refractivity (Wildman–Crippen MR) is 174 cm³/mol. The molecule has 2 aromatic heterocycles. The number of rotatable bonds is 6. The van der Waals surface area contributed by atoms with Crippen LogP contribution in [0.2, 0.25) is 5.02 Å². The number of halogens is 1. The Bertz CT molecular complexity index is 2190. The second-order valence-corrected chi connectivity index (χ2v) is 12.5. The number of benzene rings is 5. The van der Waals surface area contributed by atoms with Gasteiger partial charge in [0.05, 0.1) is 27.3 Å². The van der Waals surface area contributed by atoms with Gasteiger partial charge in [-0.25, -0.2) is 12.4 Å². The molecule has 0 fully saturated rings. The van der Waals surface area contributed by atoms with Crippen LogP contribution in [0.5, 0.6) is 5.75 Å². The van der Waals surface area contributed by atoms with Gasteiger partial charge in [-0.2, -0.15) is 0 Å². The highest BCUT2D eigenvalue weighted by Gasteiger charge is 2.27. The molecule has 0 radical (unpaired) electrons. The van der Waals surface area contributed by atoms with Gasteiger partial charge in [-0.15, -0.1) is 0 Å². The van der Waals surface area contributed by atoms with E-state index < -0.39 is 10.0 Å². The zero-order chi connectivity index (χ0) is 29.7. The van der Waals surface area contributed by atoms with Crippen molar-refractivity contribution < 1.29 is 13.5 Å². The van der Waals surface area contributed by atoms with Gasteiger partial charge in [0.1, 0.15) is 16.6 Å². The van der Waals surface area contributed by atoms with E-state index in [4.69, 9.17) is 11.6 Å². The lowest BCUT2D eigenvalue weighted by Crippen LogP contribution is -2.20. The van der Waals surface area contributed by atoms with E-state index >= 15 is 0 Å². The smallest absolute Gasteiger partial charge is 0.269 e. The normalized spacial score (nSPS) is 11.8. The lowest BCUT2D eigenvalue weighted by atomic mass is 10.2. The Morgan fingerprint density at radius 3 is 1.98 bits per heavy atom. The van der Waals surface area contributed by atoms with E-state index in [9.17, 15) is 13.5 Å². The number of para-hydroxylation sites is 3. The molecule has 0 saturated carbocycles. The Morgan fingerprint density at radius 1 is 0.721 bits per heavy atom. The third-order valence-corrected chi connectivity index (χ3v) is 9.69. The molecule has 0 aliphatic heterocycles. The van der Waals surface area contributed by atoms with Gasteiger partial charge in [0.2, 0.25) is 0 Å². The number of aryl methyl sites for hydroxylation is 1. The molecule has 43 heavy (non-hydrogen) atoms. The zero-order valence-corrected chi connectivity index (χ0v) is 24.7. The van der Waals surface area contributed by atoms with Crippen LogP contribution in [0, 0.1) is 6.92 Å². The molecule has 0 atom stereocenters. The average molecular weight is 604 g/mol. The van der Waals surface area contributed by atoms with Gasteiger partial charge < -0.3 is 9.67 Å². The maximum Gasteiger partial charge on any atom is 0.269 e. The van der Waals surface area contributed by atoms with Gasteiger partial charge >= 0.3 is 0 Å². The van der Waals surface area contributed by atoms with Gasteiger partial charge in [0, 0.05) is 28.7 Å². The number of aromatic hydroxyl groups is 1. The lowest BCUT2D eigenvalue weighted by Gasteiger charge is -2.28. The zero-order valence-electron chi connectivity index (χ0n) is 23.1. The number of nitrogens with zero attached hydrogens (tertiary/aromatic N) is 3. The molecule has 0 unspecified atom stereocenters. The minimum atomic E-state index is -3.97. The first-order chi connectivity index (χ1) is 20.8. The molecule has 2 heterocycles. The number of anilines is 3. The van der Waals surface area contributed by atoms with Gasteiger partial charge in [-0.3, -0.25) is 4.90 Å². The van der Waals surface area contributed by atoms with Crippen molar-refractivity contribution >= 4 is 60.6 Å². The van der Waals surface area contributed by atoms with Crippen molar-refractivity contribution in [2.24, 2.45) is 0 Å². The largest absolute Gasteiger partial charge is 0.506 e. The number of hydrogen-bond acceptors (Lipinski definition) is 4. The van der Waals surface area contributed by atoms with Crippen LogP contribution in [-0.4, -0.2) is 22.1 Å². The highest BCUT2D eigenvalue weighted by Crippen LogP contribution is 2.45. The Labute approximate surface area is 254 Å². The van der Waals surface area contributed by atoms with Gasteiger partial charge in [-0.05, 0) is 61.5 Å². The van der Waals surface area contributed by atoms with Crippen molar-refractivity contribution in [3.8, 4) is 11.4 Å². The van der Waals surface area contributed by atoms with E-state index in [0.717, 1.165) is 27.4 Å². The number of phenolic OH excluding ortho intramolecular Hbond substituents is 1. The van der Waals surface area contributed by atoms with Crippen molar-refractivity contribution in [3.05, 3.63) is 144 Å². The first kappa shape index (κ1) is 26.9. The maximum absolute atomic E-state index is 13.9. The molecule has 0 aliphatic rings. The SMILES string of the molecule is Cc1ccc(S(=O)(=O)n2cccc2N(c2ccccc2)c2cc(-n3c4ccccc4c4ccccc43)cc(O)c2Cl)cc1. The predicted octanol–water partition coefficient (Wildman–Crippen LogP) is 8.96. The van der Waals surface area contributed by atoms with E-state index in [1.807, 2.05) is 79.7 Å². The van der Waals surface area contributed by atoms with Crippen molar-refractivity contribution in [1.82, 2.24) is 8.54 Å². The standard InChI is InChI=1S/C35H26ClN3O3S/c1-24-17-19-27(20-18-24)43(41,42)37-21-9-16-34(37)39(25-10-3-2-4-11-25)32-22-26(23-33(40)35(32)36)38-30-14-7-5-12-28(30)29-13-6-8-15-31(29)38/h2-23,40H,1H3. The van der Waals surface area contributed by atoms with Crippen molar-refractivity contribution in [1.29, 1.82) is 0 Å². The lowest BCUT2D eigenvalue weighted by molar-refractivity contribution is 0.475. The van der Waals surface area contributed by atoms with Crippen LogP contribution in [0.1, 0.15) is 5.56 Å². The molecule has 0 saturated heterocycles. The third-order valence-electron chi connectivity index (χ3n) is 7.61. The summed E-state index contributed by atoms with van der Waals surface area (Å²) >= 11 is 6.87. The van der Waals surface area contributed by atoms with Crippen LogP contribution in [-0.2, 0) is 10.0 Å². The van der Waals surface area contributed by atoms with Gasteiger partial charge in [0.15, 0.2) is 0 Å². The molecule has 6 nitrogen and oxygen atoms in total. The topological polar surface area (TPSA) is 67.5 Å². The monoisotopic (exact) mass is 603 g/mol. The van der Waals surface area contributed by atoms with Crippen LogP contribution in [0.3, 0.4) is 0 Å². The fourth-order valence-corrected chi connectivity index (χ4v) is 7.12. The number of phenols is 1. The molecular formula is C35H26ClN3O3S. The summed E-state index contributed by atoms with van der Waals surface area (Å²) < 4.78 is 31.2. The second-order valence-electron chi connectivity index (χ2n) is 10.3. The van der Waals surface area contributed by atoms with Crippen molar-refractivity contribution in [2.75, 3.05) is 4.90 Å². The van der Waals surface area contributed by atoms with E-state index in [-0.39, 0.29) is 15.7 Å². The third kappa shape index (κ3) is 4.45. The van der Waals surface area contributed by atoms with E-state index in [2.05, 4.69) is 16.7 Å². The summed E-state index contributed by atoms with van der Waals surface area (Å²) in [6, 6.07) is 39.2. The summed E-state index contributed by atoms with van der Waals surface area (Å²) in [4.78, 5) is 1.92. The van der Waals surface area contributed by atoms with Crippen LogP contribution < -0.4 is 4.90 Å². The van der Waals surface area contributed by atoms with Crippen LogP contribution >= 0.6 is 11.6 Å². The first-order valence-electron chi connectivity index (χ1n) is 13.7. The average Bonchev–Trinajstić information content (AvgIpc) is 3.64. The molecule has 0 aliphatic carbocycles. The molecule has 0 amide bonds. The molecular weight excluding hydrogens is 578 g/mol. The Kier molecular flexibility index (Phi) is 6.49. The summed E-state index contributed by atoms with van der Waals surface area (Å²) in [5.74, 6) is 0.212. The maximum atomic E-state index is 13.9. The molecule has 7 aromatic rings. The number of hydrogen-bond donors (Lipinski definition) is 1. The second kappa shape index (κ2) is 10.4. The quantitative estimate of drug-likeness (QED) is 0.206. The molecule has 0 bridgehead atoms. The molecule has 1 N–H and O–H groups in total. The Balaban J connectivity index is 1.49. The van der Waals surface area contributed by atoms with Gasteiger partial charge in [0.25, 0.3) is 10.0 Å². The minimum absolute atomic E-state index is 0.0915. The Morgan fingerprint density at radius 2 is 1.33 bits per heavy atom. The Hall–Kier alpha value is -4.98. The molecule has 8 heteroatoms. The van der Waals surface area contributed by atoms with Crippen molar-refractivity contribution in [2.45, 2.75) is 11.8 Å². The highest BCUT2D eigenvalue weighted by atomic mass is 35.5. The summed E-state index contributed by atoms with van der Waals surface area (Å²) in [5.41, 5.74) is 4.66. The number of fused-ring (bicyclic) bond motifs is 3. The van der Waals surface area contributed by atoms with E-state index in [1.165, 1.54) is 10.2 Å². The summed E-state index contributed by atoms with van der Waals surface area (Å²) in [6.07, 6.45) is 1.52. The first-order valence-corrected chi connectivity index (χ1v) is 15.5. The highest BCUT2D eigenvalue weighted by molar-refractivity contribution is 7.90. The molecule has 5 aromatic carbocycles. The van der Waals surface area contributed by atoms with Gasteiger partial charge in [-0.1, -0.05) is 83.9 Å². The fraction of sp³-hybridized carbons (Fsp3) is 0.0286. The van der Waals surface area contributed by atoms with Crippen LogP contribution in [0.4, 0.5) is 17.2 Å². The summed E-state index contributed by atoms with van der Waals surface area (Å²) in [7, 11) is -3.97. The molecule has 0 spiro atoms. The fourth-order valence-electron chi connectivity index (χ4n) is 5.60. The van der Waals surface area contributed by atoms with Crippen LogP contribution in [0.25, 0.3) is 27.5 Å². The van der Waals surface area contributed by atoms with E-state index in [1.54, 1.807) is 47.4 Å².